The van der Waals surface area contributed by atoms with Crippen molar-refractivity contribution in [2.24, 2.45) is 5.73 Å². The van der Waals surface area contributed by atoms with E-state index in [0.717, 1.165) is 29.0 Å². The first kappa shape index (κ1) is 12.3. The summed E-state index contributed by atoms with van der Waals surface area (Å²) in [5.74, 6) is 0. The molecule has 0 spiro atoms. The van der Waals surface area contributed by atoms with Crippen molar-refractivity contribution in [3.05, 3.63) is 23.8 Å². The Hall–Kier alpha value is -1.18. The van der Waals surface area contributed by atoms with Crippen LogP contribution in [0.3, 0.4) is 0 Å². The molecule has 2 rings (SSSR count). The first-order chi connectivity index (χ1) is 8.26. The molecule has 0 aliphatic heterocycles. The summed E-state index contributed by atoms with van der Waals surface area (Å²) in [6.07, 6.45) is 5.32. The second-order valence-electron chi connectivity index (χ2n) is 4.34. The van der Waals surface area contributed by atoms with Gasteiger partial charge in [0.15, 0.2) is 0 Å². The van der Waals surface area contributed by atoms with Crippen molar-refractivity contribution in [2.75, 3.05) is 11.6 Å². The van der Waals surface area contributed by atoms with E-state index in [2.05, 4.69) is 11.4 Å². The van der Waals surface area contributed by atoms with Crippen molar-refractivity contribution in [1.82, 2.24) is 0 Å². The first-order valence-electron chi connectivity index (χ1n) is 5.85. The monoisotopic (exact) mass is 247 g/mol. The third kappa shape index (κ3) is 2.56. The van der Waals surface area contributed by atoms with Gasteiger partial charge in [0, 0.05) is 17.0 Å². The van der Waals surface area contributed by atoms with E-state index in [1.54, 1.807) is 11.8 Å². The molecular formula is C13H17N3S. The van der Waals surface area contributed by atoms with Gasteiger partial charge in [-0.1, -0.05) is 6.07 Å². The summed E-state index contributed by atoms with van der Waals surface area (Å²) in [5, 5.41) is 12.7. The molecule has 17 heavy (non-hydrogen) atoms. The molecule has 1 aromatic carbocycles. The van der Waals surface area contributed by atoms with Gasteiger partial charge in [-0.25, -0.2) is 0 Å². The standard InChI is InChI=1S/C13H17N3S/c1-17-13-7-3-5-11(9(13)8-14)16-12-6-2-4-10(12)15/h3,5,7,10,12,16H,2,4,6,15H2,1H3. The van der Waals surface area contributed by atoms with Gasteiger partial charge < -0.3 is 11.1 Å². The smallest absolute Gasteiger partial charge is 0.102 e. The summed E-state index contributed by atoms with van der Waals surface area (Å²) in [7, 11) is 0. The van der Waals surface area contributed by atoms with Gasteiger partial charge in [-0.05, 0) is 37.7 Å². The molecule has 1 aliphatic rings. The Morgan fingerprint density at radius 1 is 1.47 bits per heavy atom. The van der Waals surface area contributed by atoms with Crippen LogP contribution in [0.1, 0.15) is 24.8 Å². The minimum Gasteiger partial charge on any atom is -0.380 e. The lowest BCUT2D eigenvalue weighted by Crippen LogP contribution is -2.35. The Morgan fingerprint density at radius 3 is 2.88 bits per heavy atom. The molecule has 3 N–H and O–H groups in total. The van der Waals surface area contributed by atoms with Gasteiger partial charge in [0.05, 0.1) is 11.3 Å². The third-order valence-electron chi connectivity index (χ3n) is 3.27. The van der Waals surface area contributed by atoms with Crippen LogP contribution in [-0.2, 0) is 0 Å². The summed E-state index contributed by atoms with van der Waals surface area (Å²) < 4.78 is 0. The van der Waals surface area contributed by atoms with Crippen LogP contribution < -0.4 is 11.1 Å². The van der Waals surface area contributed by atoms with Crippen LogP contribution in [0.2, 0.25) is 0 Å². The van der Waals surface area contributed by atoms with Crippen LogP contribution in [0, 0.1) is 11.3 Å². The van der Waals surface area contributed by atoms with E-state index in [0.29, 0.717) is 6.04 Å². The average molecular weight is 247 g/mol. The number of anilines is 1. The minimum absolute atomic E-state index is 0.208. The number of nitrogens with two attached hydrogens (primary N) is 1. The second kappa shape index (κ2) is 5.44. The van der Waals surface area contributed by atoms with Crippen LogP contribution in [0.4, 0.5) is 5.69 Å². The second-order valence-corrected chi connectivity index (χ2v) is 5.19. The molecule has 1 saturated carbocycles. The molecule has 1 aromatic rings. The fourth-order valence-corrected chi connectivity index (χ4v) is 2.88. The highest BCUT2D eigenvalue weighted by Gasteiger charge is 2.24. The lowest BCUT2D eigenvalue weighted by molar-refractivity contribution is 0.637. The number of thioether (sulfide) groups is 1. The number of hydrogen-bond donors (Lipinski definition) is 2. The van der Waals surface area contributed by atoms with Gasteiger partial charge in [0.25, 0.3) is 0 Å². The maximum atomic E-state index is 9.24. The van der Waals surface area contributed by atoms with E-state index in [4.69, 9.17) is 5.73 Å². The zero-order chi connectivity index (χ0) is 12.3. The molecule has 4 heteroatoms. The predicted molar refractivity (Wildman–Crippen MR) is 72.2 cm³/mol. The largest absolute Gasteiger partial charge is 0.380 e. The molecule has 2 atom stereocenters. The van der Waals surface area contributed by atoms with Crippen molar-refractivity contribution < 1.29 is 0 Å². The van der Waals surface area contributed by atoms with E-state index >= 15 is 0 Å². The molecule has 0 amide bonds. The number of benzene rings is 1. The SMILES string of the molecule is CSc1cccc(NC2CCCC2N)c1C#N. The van der Waals surface area contributed by atoms with Gasteiger partial charge in [-0.3, -0.25) is 0 Å². The number of hydrogen-bond acceptors (Lipinski definition) is 4. The maximum Gasteiger partial charge on any atom is 0.102 e. The van der Waals surface area contributed by atoms with Crippen LogP contribution in [0.15, 0.2) is 23.1 Å². The van der Waals surface area contributed by atoms with Crippen LogP contribution in [-0.4, -0.2) is 18.3 Å². The maximum absolute atomic E-state index is 9.24. The summed E-state index contributed by atoms with van der Waals surface area (Å²) in [6, 6.07) is 8.71. The van der Waals surface area contributed by atoms with Crippen LogP contribution in [0.25, 0.3) is 0 Å². The van der Waals surface area contributed by atoms with Gasteiger partial charge >= 0.3 is 0 Å². The number of rotatable bonds is 3. The summed E-state index contributed by atoms with van der Waals surface area (Å²) >= 11 is 1.60. The molecule has 0 aromatic heterocycles. The third-order valence-corrected chi connectivity index (χ3v) is 4.05. The lowest BCUT2D eigenvalue weighted by Gasteiger charge is -2.20. The summed E-state index contributed by atoms with van der Waals surface area (Å²) in [5.41, 5.74) is 7.69. The number of nitrogens with one attached hydrogen (secondary N) is 1. The topological polar surface area (TPSA) is 61.8 Å². The first-order valence-corrected chi connectivity index (χ1v) is 7.08. The molecule has 1 fully saturated rings. The van der Waals surface area contributed by atoms with Crippen molar-refractivity contribution in [3.63, 3.8) is 0 Å². The molecular weight excluding hydrogens is 230 g/mol. The van der Waals surface area contributed by atoms with Crippen molar-refractivity contribution in [3.8, 4) is 6.07 Å². The Kier molecular flexibility index (Phi) is 3.93. The lowest BCUT2D eigenvalue weighted by atomic mass is 10.1. The Balaban J connectivity index is 2.23. The Bertz CT molecular complexity index is 439. The fraction of sp³-hybridized carbons (Fsp3) is 0.462. The molecule has 1 aliphatic carbocycles. The van der Waals surface area contributed by atoms with Crippen LogP contribution in [0.5, 0.6) is 0 Å². The summed E-state index contributed by atoms with van der Waals surface area (Å²) in [4.78, 5) is 1.02. The molecule has 3 nitrogen and oxygen atoms in total. The van der Waals surface area contributed by atoms with Gasteiger partial charge in [0.2, 0.25) is 0 Å². The molecule has 0 heterocycles. The van der Waals surface area contributed by atoms with Gasteiger partial charge in [-0.2, -0.15) is 5.26 Å². The van der Waals surface area contributed by atoms with E-state index < -0.39 is 0 Å². The Morgan fingerprint density at radius 2 is 2.29 bits per heavy atom. The number of nitrogens with zero attached hydrogens (tertiary/aromatic N) is 1. The molecule has 90 valence electrons. The van der Waals surface area contributed by atoms with Gasteiger partial charge in [-0.15, -0.1) is 11.8 Å². The van der Waals surface area contributed by atoms with E-state index in [-0.39, 0.29) is 6.04 Å². The normalized spacial score (nSPS) is 23.4. The van der Waals surface area contributed by atoms with E-state index in [9.17, 15) is 5.26 Å². The van der Waals surface area contributed by atoms with Crippen molar-refractivity contribution in [1.29, 1.82) is 5.26 Å². The highest BCUT2D eigenvalue weighted by atomic mass is 32.2. The van der Waals surface area contributed by atoms with Crippen molar-refractivity contribution >= 4 is 17.4 Å². The molecule has 0 bridgehead atoms. The fourth-order valence-electron chi connectivity index (χ4n) is 2.30. The predicted octanol–water partition coefficient (Wildman–Crippen LogP) is 2.57. The highest BCUT2D eigenvalue weighted by Crippen LogP contribution is 2.29. The Labute approximate surface area is 106 Å². The zero-order valence-electron chi connectivity index (χ0n) is 9.94. The quantitative estimate of drug-likeness (QED) is 0.806. The molecule has 0 saturated heterocycles. The van der Waals surface area contributed by atoms with E-state index in [1.807, 2.05) is 24.5 Å². The average Bonchev–Trinajstić information content (AvgIpc) is 2.74. The van der Waals surface area contributed by atoms with Gasteiger partial charge in [0.1, 0.15) is 6.07 Å². The number of nitriles is 1. The van der Waals surface area contributed by atoms with Crippen molar-refractivity contribution in [2.45, 2.75) is 36.2 Å². The minimum atomic E-state index is 0.208. The summed E-state index contributed by atoms with van der Waals surface area (Å²) in [6.45, 7) is 0. The highest BCUT2D eigenvalue weighted by molar-refractivity contribution is 7.98. The zero-order valence-corrected chi connectivity index (χ0v) is 10.8. The van der Waals surface area contributed by atoms with E-state index in [1.165, 1.54) is 6.42 Å². The molecule has 2 unspecified atom stereocenters. The van der Waals surface area contributed by atoms with Crippen LogP contribution >= 0.6 is 11.8 Å². The molecule has 0 radical (unpaired) electrons.